The van der Waals surface area contributed by atoms with Crippen LogP contribution in [0.25, 0.3) is 0 Å². The minimum atomic E-state index is -0.624. The van der Waals surface area contributed by atoms with Crippen molar-refractivity contribution in [3.8, 4) is 0 Å². The molecule has 0 heterocycles. The minimum Gasteiger partial charge on any atom is -0.466 e. The summed E-state index contributed by atoms with van der Waals surface area (Å²) in [5, 5.41) is 2.70. The van der Waals surface area contributed by atoms with Crippen LogP contribution in [0.5, 0.6) is 0 Å². The molecule has 178 valence electrons. The molecule has 0 radical (unpaired) electrons. The third-order valence-electron chi connectivity index (χ3n) is 4.85. The molecular weight excluding hydrogens is 427 g/mol. The zero-order valence-corrected chi connectivity index (χ0v) is 19.4. The first-order chi connectivity index (χ1) is 15.8. The fraction of sp³-hybridized carbons (Fsp3) is 0.400. The topological polar surface area (TPSA) is 84.9 Å². The van der Waals surface area contributed by atoms with Crippen molar-refractivity contribution in [3.63, 3.8) is 0 Å². The molecule has 8 heteroatoms. The molecule has 0 atom stereocenters. The molecular formula is C25H31FN2O5. The molecule has 0 aliphatic heterocycles. The van der Waals surface area contributed by atoms with Gasteiger partial charge in [-0.1, -0.05) is 18.2 Å². The summed E-state index contributed by atoms with van der Waals surface area (Å²) in [5.41, 5.74) is 2.71. The van der Waals surface area contributed by atoms with E-state index in [2.05, 4.69) is 5.32 Å². The number of amides is 1. The highest BCUT2D eigenvalue weighted by atomic mass is 19.1. The van der Waals surface area contributed by atoms with E-state index in [-0.39, 0.29) is 31.2 Å². The molecule has 0 saturated heterocycles. The number of nitrogens with zero attached hydrogens (tertiary/aromatic N) is 1. The van der Waals surface area contributed by atoms with E-state index in [1.165, 1.54) is 12.1 Å². The lowest BCUT2D eigenvalue weighted by Crippen LogP contribution is -2.25. The van der Waals surface area contributed by atoms with Gasteiger partial charge in [0.1, 0.15) is 11.6 Å². The number of carbonyl (C=O) groups excluding carboxylic acids is 3. The lowest BCUT2D eigenvalue weighted by Gasteiger charge is -2.26. The van der Waals surface area contributed by atoms with Gasteiger partial charge in [0.05, 0.1) is 19.6 Å². The lowest BCUT2D eigenvalue weighted by atomic mass is 10.1. The number of nitrogens with one attached hydrogen (secondary N) is 1. The molecule has 1 N–H and O–H groups in total. The van der Waals surface area contributed by atoms with Gasteiger partial charge in [0.25, 0.3) is 0 Å². The van der Waals surface area contributed by atoms with Gasteiger partial charge in [-0.05, 0) is 62.6 Å². The number of ketones is 1. The van der Waals surface area contributed by atoms with Crippen molar-refractivity contribution in [1.82, 2.24) is 0 Å². The van der Waals surface area contributed by atoms with E-state index in [4.69, 9.17) is 9.47 Å². The predicted octanol–water partition coefficient (Wildman–Crippen LogP) is 4.88. The Morgan fingerprint density at radius 2 is 1.70 bits per heavy atom. The largest absolute Gasteiger partial charge is 0.466 e. The van der Waals surface area contributed by atoms with Gasteiger partial charge in [0.2, 0.25) is 0 Å². The third kappa shape index (κ3) is 8.92. The SMILES string of the molecule is CCOC(=O)Cc1ccc(N(CCCC(C)=O)Cc2ccc(F)cc2)cc1NC(=O)OCC. The molecule has 33 heavy (non-hydrogen) atoms. The summed E-state index contributed by atoms with van der Waals surface area (Å²) in [4.78, 5) is 37.6. The van der Waals surface area contributed by atoms with Crippen LogP contribution in [0.15, 0.2) is 42.5 Å². The maximum atomic E-state index is 13.3. The quantitative estimate of drug-likeness (QED) is 0.457. The summed E-state index contributed by atoms with van der Waals surface area (Å²) >= 11 is 0. The molecule has 2 aromatic rings. The van der Waals surface area contributed by atoms with Crippen molar-refractivity contribution in [2.24, 2.45) is 0 Å². The molecule has 1 amide bonds. The number of halogens is 1. The Bertz CT molecular complexity index is 946. The van der Waals surface area contributed by atoms with E-state index in [1.807, 2.05) is 11.0 Å². The number of benzene rings is 2. The number of Topliss-reactive ketones (excluding diaryl/α,β-unsaturated/α-hetero) is 1. The van der Waals surface area contributed by atoms with Crippen LogP contribution in [0, 0.1) is 5.82 Å². The average molecular weight is 459 g/mol. The molecule has 0 aromatic heterocycles. The van der Waals surface area contributed by atoms with Crippen molar-refractivity contribution in [3.05, 3.63) is 59.4 Å². The van der Waals surface area contributed by atoms with E-state index < -0.39 is 12.1 Å². The Morgan fingerprint density at radius 3 is 2.33 bits per heavy atom. The van der Waals surface area contributed by atoms with Gasteiger partial charge in [-0.2, -0.15) is 0 Å². The molecule has 0 bridgehead atoms. The number of ether oxygens (including phenoxy) is 2. The molecule has 0 fully saturated rings. The van der Waals surface area contributed by atoms with Crippen LogP contribution in [-0.2, 0) is 32.0 Å². The van der Waals surface area contributed by atoms with Crippen molar-refractivity contribution in [2.45, 2.75) is 46.6 Å². The van der Waals surface area contributed by atoms with Gasteiger partial charge in [-0.25, -0.2) is 9.18 Å². The van der Waals surface area contributed by atoms with E-state index in [1.54, 1.807) is 45.0 Å². The lowest BCUT2D eigenvalue weighted by molar-refractivity contribution is -0.142. The summed E-state index contributed by atoms with van der Waals surface area (Å²) in [5.74, 6) is -0.612. The van der Waals surface area contributed by atoms with Gasteiger partial charge in [-0.3, -0.25) is 10.1 Å². The first kappa shape index (κ1) is 25.8. The van der Waals surface area contributed by atoms with Crippen molar-refractivity contribution < 1.29 is 28.2 Å². The van der Waals surface area contributed by atoms with Crippen LogP contribution < -0.4 is 10.2 Å². The smallest absolute Gasteiger partial charge is 0.411 e. The number of carbonyl (C=O) groups is 3. The molecule has 2 aromatic carbocycles. The number of hydrogen-bond donors (Lipinski definition) is 1. The summed E-state index contributed by atoms with van der Waals surface area (Å²) in [7, 11) is 0. The Kier molecular flexibility index (Phi) is 10.3. The summed E-state index contributed by atoms with van der Waals surface area (Å²) in [6.07, 6.45) is 0.454. The minimum absolute atomic E-state index is 0.00183. The standard InChI is InChI=1S/C25H31FN2O5/c1-4-32-24(30)15-20-10-13-22(16-23(20)27-25(31)33-5-2)28(14-6-7-18(3)29)17-19-8-11-21(26)12-9-19/h8-13,16H,4-7,14-15,17H2,1-3H3,(H,27,31). The van der Waals surface area contributed by atoms with Crippen molar-refractivity contribution in [2.75, 3.05) is 30.0 Å². The first-order valence-electron chi connectivity index (χ1n) is 11.0. The Hall–Kier alpha value is -3.42. The summed E-state index contributed by atoms with van der Waals surface area (Å²) in [6.45, 7) is 6.51. The zero-order valence-electron chi connectivity index (χ0n) is 19.4. The highest BCUT2D eigenvalue weighted by molar-refractivity contribution is 5.88. The fourth-order valence-corrected chi connectivity index (χ4v) is 3.30. The molecule has 0 spiro atoms. The van der Waals surface area contributed by atoms with E-state index in [0.717, 1.165) is 11.3 Å². The van der Waals surface area contributed by atoms with E-state index in [9.17, 15) is 18.8 Å². The Morgan fingerprint density at radius 1 is 1.00 bits per heavy atom. The van der Waals surface area contributed by atoms with Gasteiger partial charge in [-0.15, -0.1) is 0 Å². The van der Waals surface area contributed by atoms with Crippen LogP contribution in [0.1, 0.15) is 44.7 Å². The maximum absolute atomic E-state index is 13.3. The van der Waals surface area contributed by atoms with Gasteiger partial charge in [0.15, 0.2) is 0 Å². The van der Waals surface area contributed by atoms with Crippen LogP contribution in [0.2, 0.25) is 0 Å². The average Bonchev–Trinajstić information content (AvgIpc) is 2.76. The number of esters is 1. The second-order valence-electron chi connectivity index (χ2n) is 7.52. The van der Waals surface area contributed by atoms with Gasteiger partial charge in [0, 0.05) is 30.9 Å². The van der Waals surface area contributed by atoms with Gasteiger partial charge >= 0.3 is 12.1 Å². The molecule has 0 aliphatic rings. The third-order valence-corrected chi connectivity index (χ3v) is 4.85. The monoisotopic (exact) mass is 458 g/mol. The molecule has 0 aliphatic carbocycles. The molecule has 2 rings (SSSR count). The second kappa shape index (κ2) is 13.2. The highest BCUT2D eigenvalue weighted by Gasteiger charge is 2.16. The van der Waals surface area contributed by atoms with Crippen LogP contribution >= 0.6 is 0 Å². The maximum Gasteiger partial charge on any atom is 0.411 e. The summed E-state index contributed by atoms with van der Waals surface area (Å²) in [6, 6.07) is 11.6. The normalized spacial score (nSPS) is 10.4. The van der Waals surface area contributed by atoms with Crippen molar-refractivity contribution >= 4 is 29.2 Å². The first-order valence-corrected chi connectivity index (χ1v) is 11.0. The number of rotatable bonds is 12. The fourth-order valence-electron chi connectivity index (χ4n) is 3.30. The Labute approximate surface area is 193 Å². The number of hydrogen-bond acceptors (Lipinski definition) is 6. The highest BCUT2D eigenvalue weighted by Crippen LogP contribution is 2.27. The molecule has 0 unspecified atom stereocenters. The van der Waals surface area contributed by atoms with Gasteiger partial charge < -0.3 is 19.2 Å². The zero-order chi connectivity index (χ0) is 24.2. The van der Waals surface area contributed by atoms with Crippen LogP contribution in [0.3, 0.4) is 0 Å². The van der Waals surface area contributed by atoms with Crippen molar-refractivity contribution in [1.29, 1.82) is 0 Å². The molecule has 0 saturated carbocycles. The predicted molar refractivity (Wildman–Crippen MR) is 125 cm³/mol. The van der Waals surface area contributed by atoms with E-state index >= 15 is 0 Å². The molecule has 7 nitrogen and oxygen atoms in total. The van der Waals surface area contributed by atoms with E-state index in [0.29, 0.717) is 37.2 Å². The Balaban J connectivity index is 2.35. The second-order valence-corrected chi connectivity index (χ2v) is 7.52. The number of anilines is 2. The van der Waals surface area contributed by atoms with Crippen LogP contribution in [0.4, 0.5) is 20.6 Å². The summed E-state index contributed by atoms with van der Waals surface area (Å²) < 4.78 is 23.4. The van der Waals surface area contributed by atoms with Crippen LogP contribution in [-0.4, -0.2) is 37.6 Å².